The molecule has 1 aromatic heterocycles. The maximum Gasteiger partial charge on any atom is 0.141 e. The molecule has 1 N–H and O–H groups in total. The Morgan fingerprint density at radius 3 is 2.31 bits per heavy atom. The Balaban J connectivity index is 0.00000196. The van der Waals surface area contributed by atoms with E-state index in [1.165, 1.54) is 0 Å². The molecule has 0 spiro atoms. The summed E-state index contributed by atoms with van der Waals surface area (Å²) in [5.41, 5.74) is 3.02. The molecule has 5 heteroatoms. The summed E-state index contributed by atoms with van der Waals surface area (Å²) in [6.45, 7) is 0.542. The van der Waals surface area contributed by atoms with E-state index in [0.717, 1.165) is 33.7 Å². The van der Waals surface area contributed by atoms with E-state index in [9.17, 15) is 0 Å². The number of benzene rings is 3. The second kappa shape index (κ2) is 8.32. The fourth-order valence-corrected chi connectivity index (χ4v) is 2.61. The third kappa shape index (κ3) is 4.10. The van der Waals surface area contributed by atoms with Crippen LogP contribution in [0, 0.1) is 0 Å². The first-order valence-corrected chi connectivity index (χ1v) is 8.12. The summed E-state index contributed by atoms with van der Waals surface area (Å²) in [5.74, 6) is 1.68. The molecule has 4 aromatic rings. The molecule has 3 aromatic carbocycles. The molecule has 0 radical (unpaired) electrons. The summed E-state index contributed by atoms with van der Waals surface area (Å²) in [6, 6.07) is 25.9. The van der Waals surface area contributed by atoms with Crippen molar-refractivity contribution in [1.82, 2.24) is 9.97 Å². The van der Waals surface area contributed by atoms with Crippen molar-refractivity contribution in [3.8, 4) is 5.75 Å². The van der Waals surface area contributed by atoms with Gasteiger partial charge in [0.2, 0.25) is 0 Å². The van der Waals surface area contributed by atoms with Crippen LogP contribution in [-0.2, 0) is 6.61 Å². The monoisotopic (exact) mass is 363 g/mol. The van der Waals surface area contributed by atoms with Crippen molar-refractivity contribution in [2.24, 2.45) is 0 Å². The highest BCUT2D eigenvalue weighted by Gasteiger charge is 2.03. The van der Waals surface area contributed by atoms with Gasteiger partial charge in [0, 0.05) is 11.1 Å². The van der Waals surface area contributed by atoms with Gasteiger partial charge < -0.3 is 10.1 Å². The average molecular weight is 364 g/mol. The Kier molecular flexibility index (Phi) is 5.66. The summed E-state index contributed by atoms with van der Waals surface area (Å²) in [6.07, 6.45) is 1.58. The minimum atomic E-state index is 0. The van der Waals surface area contributed by atoms with Crippen molar-refractivity contribution in [2.45, 2.75) is 6.61 Å². The van der Waals surface area contributed by atoms with Crippen molar-refractivity contribution < 1.29 is 4.74 Å². The van der Waals surface area contributed by atoms with Gasteiger partial charge >= 0.3 is 0 Å². The molecule has 0 saturated heterocycles. The lowest BCUT2D eigenvalue weighted by molar-refractivity contribution is 0.306. The zero-order chi connectivity index (χ0) is 16.9. The minimum Gasteiger partial charge on any atom is -0.489 e. The van der Waals surface area contributed by atoms with E-state index in [4.69, 9.17) is 4.74 Å². The minimum absolute atomic E-state index is 0. The molecule has 0 aliphatic rings. The summed E-state index contributed by atoms with van der Waals surface area (Å²) >= 11 is 0. The smallest absolute Gasteiger partial charge is 0.141 e. The average Bonchev–Trinajstić information content (AvgIpc) is 2.69. The quantitative estimate of drug-likeness (QED) is 0.517. The van der Waals surface area contributed by atoms with Crippen molar-refractivity contribution in [3.63, 3.8) is 0 Å². The molecule has 0 fully saturated rings. The number of anilines is 2. The fraction of sp³-hybridized carbons (Fsp3) is 0.0476. The number of halogens is 1. The first-order valence-electron chi connectivity index (χ1n) is 8.12. The number of hydrogen-bond acceptors (Lipinski definition) is 4. The van der Waals surface area contributed by atoms with Crippen LogP contribution in [0.25, 0.3) is 10.9 Å². The van der Waals surface area contributed by atoms with Crippen LogP contribution in [-0.4, -0.2) is 9.97 Å². The van der Waals surface area contributed by atoms with Crippen LogP contribution in [0.15, 0.2) is 85.2 Å². The molecule has 26 heavy (non-hydrogen) atoms. The standard InChI is InChI=1S/C21H17N3O.ClH/c1-2-6-18(7-3-1)25-14-16-10-12-17(13-11-16)24-21-19-8-4-5-9-20(19)22-15-23-21;/h1-13,15H,14H2,(H,22,23,24);1H. The molecule has 0 atom stereocenters. The van der Waals surface area contributed by atoms with Crippen LogP contribution in [0.4, 0.5) is 11.5 Å². The molecular formula is C21H18ClN3O. The number of hydrogen-bond donors (Lipinski definition) is 1. The molecule has 4 nitrogen and oxygen atoms in total. The molecule has 0 bridgehead atoms. The van der Waals surface area contributed by atoms with Crippen LogP contribution >= 0.6 is 12.4 Å². The molecule has 4 rings (SSSR count). The topological polar surface area (TPSA) is 47.0 Å². The third-order valence-electron chi connectivity index (χ3n) is 3.91. The number of aromatic nitrogens is 2. The van der Waals surface area contributed by atoms with Gasteiger partial charge in [0.15, 0.2) is 0 Å². The van der Waals surface area contributed by atoms with E-state index in [-0.39, 0.29) is 12.4 Å². The fourth-order valence-electron chi connectivity index (χ4n) is 2.61. The van der Waals surface area contributed by atoms with Crippen LogP contribution < -0.4 is 10.1 Å². The van der Waals surface area contributed by atoms with Gasteiger partial charge in [-0.1, -0.05) is 42.5 Å². The molecule has 1 heterocycles. The Hall–Kier alpha value is -3.11. The van der Waals surface area contributed by atoms with Gasteiger partial charge in [-0.05, 0) is 42.0 Å². The number of para-hydroxylation sites is 2. The zero-order valence-corrected chi connectivity index (χ0v) is 14.8. The highest BCUT2D eigenvalue weighted by Crippen LogP contribution is 2.23. The van der Waals surface area contributed by atoms with Gasteiger partial charge in [0.1, 0.15) is 24.5 Å². The normalized spacial score (nSPS) is 10.2. The largest absolute Gasteiger partial charge is 0.489 e. The van der Waals surface area contributed by atoms with Crippen molar-refractivity contribution in [1.29, 1.82) is 0 Å². The van der Waals surface area contributed by atoms with E-state index in [1.54, 1.807) is 6.33 Å². The second-order valence-electron chi connectivity index (χ2n) is 5.66. The van der Waals surface area contributed by atoms with Crippen molar-refractivity contribution >= 4 is 34.8 Å². The Bertz CT molecular complexity index is 970. The third-order valence-corrected chi connectivity index (χ3v) is 3.91. The van der Waals surface area contributed by atoms with Gasteiger partial charge in [-0.3, -0.25) is 0 Å². The first-order chi connectivity index (χ1) is 12.4. The number of rotatable bonds is 5. The number of ether oxygens (including phenoxy) is 1. The Morgan fingerprint density at radius 1 is 0.769 bits per heavy atom. The van der Waals surface area contributed by atoms with E-state index in [0.29, 0.717) is 6.61 Å². The maximum atomic E-state index is 5.77. The van der Waals surface area contributed by atoms with Crippen LogP contribution in [0.1, 0.15) is 5.56 Å². The Labute approximate surface area is 158 Å². The number of nitrogens with zero attached hydrogens (tertiary/aromatic N) is 2. The maximum absolute atomic E-state index is 5.77. The molecule has 0 aliphatic carbocycles. The van der Waals surface area contributed by atoms with Crippen molar-refractivity contribution in [3.05, 3.63) is 90.8 Å². The van der Waals surface area contributed by atoms with Gasteiger partial charge in [-0.25, -0.2) is 9.97 Å². The van der Waals surface area contributed by atoms with E-state index >= 15 is 0 Å². The molecule has 0 aliphatic heterocycles. The van der Waals surface area contributed by atoms with Crippen molar-refractivity contribution in [2.75, 3.05) is 5.32 Å². The van der Waals surface area contributed by atoms with E-state index < -0.39 is 0 Å². The van der Waals surface area contributed by atoms with Crippen LogP contribution in [0.5, 0.6) is 5.75 Å². The first kappa shape index (κ1) is 17.7. The number of nitrogens with one attached hydrogen (secondary N) is 1. The highest BCUT2D eigenvalue weighted by atomic mass is 35.5. The van der Waals surface area contributed by atoms with Crippen LogP contribution in [0.2, 0.25) is 0 Å². The molecule has 0 amide bonds. The SMILES string of the molecule is Cl.c1ccc(OCc2ccc(Nc3ncnc4ccccc34)cc2)cc1. The molecule has 0 saturated carbocycles. The molecule has 130 valence electrons. The lowest BCUT2D eigenvalue weighted by atomic mass is 10.2. The molecular weight excluding hydrogens is 346 g/mol. The Morgan fingerprint density at radius 2 is 1.50 bits per heavy atom. The van der Waals surface area contributed by atoms with Gasteiger partial charge in [0.05, 0.1) is 5.52 Å². The van der Waals surface area contributed by atoms with Gasteiger partial charge in [0.25, 0.3) is 0 Å². The molecule has 0 unspecified atom stereocenters. The summed E-state index contributed by atoms with van der Waals surface area (Å²) in [7, 11) is 0. The van der Waals surface area contributed by atoms with Gasteiger partial charge in [-0.2, -0.15) is 0 Å². The lowest BCUT2D eigenvalue weighted by Gasteiger charge is -2.10. The summed E-state index contributed by atoms with van der Waals surface area (Å²) in [5, 5.41) is 4.36. The highest BCUT2D eigenvalue weighted by molar-refractivity contribution is 5.90. The number of fused-ring (bicyclic) bond motifs is 1. The predicted octanol–water partition coefficient (Wildman–Crippen LogP) is 5.37. The summed E-state index contributed by atoms with van der Waals surface area (Å²) < 4.78 is 5.77. The van der Waals surface area contributed by atoms with E-state index in [1.807, 2.05) is 66.7 Å². The second-order valence-corrected chi connectivity index (χ2v) is 5.66. The van der Waals surface area contributed by atoms with Gasteiger partial charge in [-0.15, -0.1) is 12.4 Å². The summed E-state index contributed by atoms with van der Waals surface area (Å²) in [4.78, 5) is 8.64. The van der Waals surface area contributed by atoms with Crippen LogP contribution in [0.3, 0.4) is 0 Å². The zero-order valence-electron chi connectivity index (χ0n) is 14.0. The lowest BCUT2D eigenvalue weighted by Crippen LogP contribution is -1.98. The van der Waals surface area contributed by atoms with E-state index in [2.05, 4.69) is 27.4 Å². The predicted molar refractivity (Wildman–Crippen MR) is 107 cm³/mol.